The molecule has 0 saturated carbocycles. The van der Waals surface area contributed by atoms with Crippen molar-refractivity contribution in [3.8, 4) is 0 Å². The topological polar surface area (TPSA) is 30.0 Å². The van der Waals surface area contributed by atoms with E-state index in [1.807, 2.05) is 48.5 Å². The van der Waals surface area contributed by atoms with Crippen LogP contribution in [0.15, 0.2) is 48.5 Å². The molecular formula is C18H17NOS. The predicted molar refractivity (Wildman–Crippen MR) is 88.2 cm³/mol. The van der Waals surface area contributed by atoms with Crippen molar-refractivity contribution in [2.24, 2.45) is 0 Å². The second-order valence-electron chi connectivity index (χ2n) is 6.12. The van der Waals surface area contributed by atoms with Gasteiger partial charge >= 0.3 is 0 Å². The molecule has 2 nitrogen and oxygen atoms in total. The van der Waals surface area contributed by atoms with E-state index in [9.17, 15) is 4.79 Å². The largest absolute Gasteiger partial charge is 0.289 e. The van der Waals surface area contributed by atoms with Crippen molar-refractivity contribution in [3.63, 3.8) is 0 Å². The molecule has 0 unspecified atom stereocenters. The van der Waals surface area contributed by atoms with Gasteiger partial charge in [-0.1, -0.05) is 57.2 Å². The molecule has 0 N–H and O–H groups in total. The minimum atomic E-state index is -0.00322. The molecule has 3 rings (SSSR count). The summed E-state index contributed by atoms with van der Waals surface area (Å²) >= 11 is 1.62. The average molecular weight is 295 g/mol. The zero-order chi connectivity index (χ0) is 15.0. The van der Waals surface area contributed by atoms with Gasteiger partial charge in [0.1, 0.15) is 0 Å². The fraction of sp³-hybridized carbons (Fsp3) is 0.222. The Hall–Kier alpha value is -2.00. The van der Waals surface area contributed by atoms with E-state index in [0.29, 0.717) is 0 Å². The number of hydrogen-bond donors (Lipinski definition) is 0. The molecule has 106 valence electrons. The first-order valence-corrected chi connectivity index (χ1v) is 7.78. The summed E-state index contributed by atoms with van der Waals surface area (Å²) in [5, 5.41) is 1.06. The van der Waals surface area contributed by atoms with Crippen molar-refractivity contribution in [3.05, 3.63) is 64.7 Å². The Bertz CT molecular complexity index is 797. The van der Waals surface area contributed by atoms with Crippen LogP contribution < -0.4 is 0 Å². The number of ketones is 1. The Morgan fingerprint density at radius 3 is 2.38 bits per heavy atom. The molecule has 0 bridgehead atoms. The highest BCUT2D eigenvalue weighted by Gasteiger charge is 2.21. The standard InChI is InChI=1S/C18H17NOS/c1-18(2,3)17-19-14-11-7-10-13(16(14)21-17)15(20)12-8-5-4-6-9-12/h4-11H,1-3H3. The third-order valence-electron chi connectivity index (χ3n) is 3.34. The molecular weight excluding hydrogens is 278 g/mol. The number of benzene rings is 2. The van der Waals surface area contributed by atoms with Gasteiger partial charge < -0.3 is 0 Å². The minimum Gasteiger partial charge on any atom is -0.289 e. The maximum Gasteiger partial charge on any atom is 0.194 e. The molecule has 0 fully saturated rings. The molecule has 3 heteroatoms. The molecule has 0 aliphatic heterocycles. The van der Waals surface area contributed by atoms with Crippen molar-refractivity contribution in [2.75, 3.05) is 0 Å². The number of nitrogens with zero attached hydrogens (tertiary/aromatic N) is 1. The molecule has 3 aromatic rings. The fourth-order valence-corrected chi connectivity index (χ4v) is 3.33. The molecule has 0 aliphatic rings. The summed E-state index contributed by atoms with van der Waals surface area (Å²) in [7, 11) is 0. The van der Waals surface area contributed by atoms with Gasteiger partial charge in [-0.25, -0.2) is 4.98 Å². The maximum atomic E-state index is 12.7. The van der Waals surface area contributed by atoms with Crippen LogP contribution in [0.4, 0.5) is 0 Å². The van der Waals surface area contributed by atoms with Crippen molar-refractivity contribution in [1.82, 2.24) is 4.98 Å². The molecule has 1 heterocycles. The molecule has 2 aromatic carbocycles. The van der Waals surface area contributed by atoms with Crippen LogP contribution in [0.2, 0.25) is 0 Å². The van der Waals surface area contributed by atoms with E-state index in [-0.39, 0.29) is 11.2 Å². The predicted octanol–water partition coefficient (Wildman–Crippen LogP) is 4.82. The zero-order valence-electron chi connectivity index (χ0n) is 12.4. The van der Waals surface area contributed by atoms with Crippen molar-refractivity contribution >= 4 is 27.3 Å². The molecule has 0 radical (unpaired) electrons. The Morgan fingerprint density at radius 1 is 1.00 bits per heavy atom. The van der Waals surface area contributed by atoms with Gasteiger partial charge in [-0.3, -0.25) is 4.79 Å². The van der Waals surface area contributed by atoms with Crippen LogP contribution in [0.25, 0.3) is 10.2 Å². The van der Waals surface area contributed by atoms with E-state index >= 15 is 0 Å². The lowest BCUT2D eigenvalue weighted by Crippen LogP contribution is -2.09. The summed E-state index contributed by atoms with van der Waals surface area (Å²) < 4.78 is 0.983. The van der Waals surface area contributed by atoms with Gasteiger partial charge in [-0.15, -0.1) is 11.3 Å². The lowest BCUT2D eigenvalue weighted by molar-refractivity contribution is 0.104. The van der Waals surface area contributed by atoms with Crippen LogP contribution in [-0.4, -0.2) is 10.8 Å². The van der Waals surface area contributed by atoms with Crippen molar-refractivity contribution in [2.45, 2.75) is 26.2 Å². The van der Waals surface area contributed by atoms with E-state index < -0.39 is 0 Å². The van der Waals surface area contributed by atoms with E-state index in [1.54, 1.807) is 11.3 Å². The second-order valence-corrected chi connectivity index (χ2v) is 7.12. The van der Waals surface area contributed by atoms with Crippen LogP contribution >= 0.6 is 11.3 Å². The number of aromatic nitrogens is 1. The Labute approximate surface area is 128 Å². The van der Waals surface area contributed by atoms with Gasteiger partial charge in [-0.05, 0) is 12.1 Å². The van der Waals surface area contributed by atoms with Crippen LogP contribution in [0, 0.1) is 0 Å². The molecule has 0 aliphatic carbocycles. The number of thiazole rings is 1. The Kier molecular flexibility index (Phi) is 3.38. The highest BCUT2D eigenvalue weighted by molar-refractivity contribution is 7.19. The van der Waals surface area contributed by atoms with Gasteiger partial charge in [0.25, 0.3) is 0 Å². The summed E-state index contributed by atoms with van der Waals surface area (Å²) in [6, 6.07) is 15.2. The van der Waals surface area contributed by atoms with E-state index in [1.165, 1.54) is 0 Å². The van der Waals surface area contributed by atoms with Gasteiger partial charge in [0.05, 0.1) is 15.2 Å². The van der Waals surface area contributed by atoms with E-state index in [0.717, 1.165) is 26.4 Å². The summed E-state index contributed by atoms with van der Waals surface area (Å²) in [5.74, 6) is 0.0605. The third-order valence-corrected chi connectivity index (χ3v) is 4.87. The molecule has 21 heavy (non-hydrogen) atoms. The minimum absolute atomic E-state index is 0.00322. The summed E-state index contributed by atoms with van der Waals surface area (Å²) in [6.07, 6.45) is 0. The third kappa shape index (κ3) is 2.61. The Balaban J connectivity index is 2.15. The van der Waals surface area contributed by atoms with E-state index in [4.69, 9.17) is 0 Å². The lowest BCUT2D eigenvalue weighted by Gasteiger charge is -2.13. The normalized spacial score (nSPS) is 11.8. The molecule has 0 saturated heterocycles. The van der Waals surface area contributed by atoms with Crippen LogP contribution in [0.5, 0.6) is 0 Å². The van der Waals surface area contributed by atoms with Gasteiger partial charge in [0, 0.05) is 16.5 Å². The summed E-state index contributed by atoms with van der Waals surface area (Å²) in [6.45, 7) is 6.43. The number of carbonyl (C=O) groups excluding carboxylic acids is 1. The molecule has 0 atom stereocenters. The lowest BCUT2D eigenvalue weighted by atomic mass is 9.98. The zero-order valence-corrected chi connectivity index (χ0v) is 13.2. The molecule has 0 amide bonds. The molecule has 1 aromatic heterocycles. The quantitative estimate of drug-likeness (QED) is 0.634. The van der Waals surface area contributed by atoms with Crippen molar-refractivity contribution < 1.29 is 4.79 Å². The van der Waals surface area contributed by atoms with Crippen LogP contribution in [-0.2, 0) is 5.41 Å². The van der Waals surface area contributed by atoms with Crippen LogP contribution in [0.1, 0.15) is 41.7 Å². The smallest absolute Gasteiger partial charge is 0.194 e. The van der Waals surface area contributed by atoms with Gasteiger partial charge in [-0.2, -0.15) is 0 Å². The van der Waals surface area contributed by atoms with Gasteiger partial charge in [0.2, 0.25) is 0 Å². The first-order valence-electron chi connectivity index (χ1n) is 6.96. The monoisotopic (exact) mass is 295 g/mol. The van der Waals surface area contributed by atoms with E-state index in [2.05, 4.69) is 25.8 Å². The first-order chi connectivity index (χ1) is 9.97. The summed E-state index contributed by atoms with van der Waals surface area (Å²) in [4.78, 5) is 17.4. The Morgan fingerprint density at radius 2 is 1.71 bits per heavy atom. The second kappa shape index (κ2) is 5.08. The highest BCUT2D eigenvalue weighted by Crippen LogP contribution is 2.33. The van der Waals surface area contributed by atoms with Crippen molar-refractivity contribution in [1.29, 1.82) is 0 Å². The number of carbonyl (C=O) groups is 1. The number of rotatable bonds is 2. The number of hydrogen-bond acceptors (Lipinski definition) is 3. The van der Waals surface area contributed by atoms with Gasteiger partial charge in [0.15, 0.2) is 5.78 Å². The summed E-state index contributed by atoms with van der Waals surface area (Å²) in [5.41, 5.74) is 2.37. The maximum absolute atomic E-state index is 12.7. The average Bonchev–Trinajstić information content (AvgIpc) is 2.91. The SMILES string of the molecule is CC(C)(C)c1nc2cccc(C(=O)c3ccccc3)c2s1. The molecule has 0 spiro atoms. The number of fused-ring (bicyclic) bond motifs is 1. The highest BCUT2D eigenvalue weighted by atomic mass is 32.1. The van der Waals surface area contributed by atoms with Crippen LogP contribution in [0.3, 0.4) is 0 Å². The first kappa shape index (κ1) is 14.0. The fourth-order valence-electron chi connectivity index (χ4n) is 2.19.